The highest BCUT2D eigenvalue weighted by molar-refractivity contribution is 6.35. The first-order chi connectivity index (χ1) is 16.7. The number of rotatable bonds is 3. The highest BCUT2D eigenvalue weighted by atomic mass is 35.5. The summed E-state index contributed by atoms with van der Waals surface area (Å²) in [6.07, 6.45) is 1.47. The highest BCUT2D eigenvalue weighted by Crippen LogP contribution is 2.61. The second kappa shape index (κ2) is 7.25. The van der Waals surface area contributed by atoms with E-state index >= 15 is 0 Å². The minimum atomic E-state index is -1.35. The summed E-state index contributed by atoms with van der Waals surface area (Å²) in [6, 6.07) is 7.08. The zero-order valence-electron chi connectivity index (χ0n) is 18.9. The second-order valence-corrected chi connectivity index (χ2v) is 9.83. The van der Waals surface area contributed by atoms with E-state index in [2.05, 4.69) is 5.32 Å². The van der Waals surface area contributed by atoms with Gasteiger partial charge in [-0.2, -0.15) is 0 Å². The molecule has 3 saturated heterocycles. The van der Waals surface area contributed by atoms with Gasteiger partial charge in [0.25, 0.3) is 11.6 Å². The van der Waals surface area contributed by atoms with Crippen molar-refractivity contribution in [3.8, 4) is 5.75 Å². The average molecular weight is 497 g/mol. The molecule has 11 heteroatoms. The summed E-state index contributed by atoms with van der Waals surface area (Å²) in [5.41, 5.74) is 0.479. The van der Waals surface area contributed by atoms with E-state index in [1.807, 2.05) is 17.9 Å². The average Bonchev–Trinajstić information content (AvgIpc) is 3.52. The molecule has 1 spiro atoms. The standard InChI is InChI=1S/C24H21ClN4O6/c1-11-8-13-20(14(25)9-11)26-23(32)24(13)19-18(16-4-3-7-27(16)24)21(30)28(22(19)31)15-6-5-12(29(33)34)10-17(15)35-2/h5-6,8-10,16,18-19H,3-4,7H2,1-2H3,(H,26,32)/t16-,18+,19+,24-/m0/s1. The Bertz CT molecular complexity index is 1360. The Hall–Kier alpha value is -3.50. The normalized spacial score (nSPS) is 28.9. The third-order valence-electron chi connectivity index (χ3n) is 7.81. The number of imide groups is 1. The molecule has 4 heterocycles. The predicted molar refractivity (Wildman–Crippen MR) is 125 cm³/mol. The van der Waals surface area contributed by atoms with Gasteiger partial charge in [-0.1, -0.05) is 17.7 Å². The topological polar surface area (TPSA) is 122 Å². The first-order valence-electron chi connectivity index (χ1n) is 11.3. The van der Waals surface area contributed by atoms with Crippen LogP contribution in [-0.4, -0.2) is 47.2 Å². The number of amides is 3. The summed E-state index contributed by atoms with van der Waals surface area (Å²) >= 11 is 6.49. The van der Waals surface area contributed by atoms with E-state index in [-0.39, 0.29) is 29.1 Å². The lowest BCUT2D eigenvalue weighted by atomic mass is 9.75. The quantitative estimate of drug-likeness (QED) is 0.393. The fourth-order valence-corrected chi connectivity index (χ4v) is 6.92. The molecule has 10 nitrogen and oxygen atoms in total. The van der Waals surface area contributed by atoms with Crippen LogP contribution in [0, 0.1) is 28.9 Å². The van der Waals surface area contributed by atoms with Gasteiger partial charge in [-0.25, -0.2) is 4.90 Å². The number of carbonyl (C=O) groups excluding carboxylic acids is 3. The summed E-state index contributed by atoms with van der Waals surface area (Å²) in [7, 11) is 1.32. The summed E-state index contributed by atoms with van der Waals surface area (Å²) in [6.45, 7) is 2.45. The van der Waals surface area contributed by atoms with E-state index in [9.17, 15) is 24.5 Å². The predicted octanol–water partition coefficient (Wildman–Crippen LogP) is 3.00. The maximum absolute atomic E-state index is 14.1. The SMILES string of the molecule is COc1cc([N+](=O)[O-])ccc1N1C(=O)[C@@H]2[C@@H]3CCCN3[C@]3(C(=O)Nc4c(Cl)cc(C)cc43)[C@H]2C1=O. The van der Waals surface area contributed by atoms with Crippen LogP contribution in [0.4, 0.5) is 17.1 Å². The molecule has 0 bridgehead atoms. The van der Waals surface area contributed by atoms with Gasteiger partial charge in [-0.05, 0) is 44.0 Å². The van der Waals surface area contributed by atoms with E-state index in [0.717, 1.165) is 16.9 Å². The Morgan fingerprint density at radius 2 is 1.97 bits per heavy atom. The van der Waals surface area contributed by atoms with Crippen molar-refractivity contribution in [3.05, 3.63) is 56.6 Å². The zero-order valence-corrected chi connectivity index (χ0v) is 19.7. The number of nitrogens with zero attached hydrogens (tertiary/aromatic N) is 3. The monoisotopic (exact) mass is 496 g/mol. The van der Waals surface area contributed by atoms with Crippen LogP contribution < -0.4 is 15.0 Å². The number of methoxy groups -OCH3 is 1. The van der Waals surface area contributed by atoms with E-state index in [1.165, 1.54) is 25.3 Å². The molecular weight excluding hydrogens is 476 g/mol. The van der Waals surface area contributed by atoms with Crippen molar-refractivity contribution in [2.75, 3.05) is 23.9 Å². The summed E-state index contributed by atoms with van der Waals surface area (Å²) < 4.78 is 5.32. The Morgan fingerprint density at radius 1 is 1.20 bits per heavy atom. The van der Waals surface area contributed by atoms with Gasteiger partial charge in [0.2, 0.25) is 11.8 Å². The van der Waals surface area contributed by atoms with Gasteiger partial charge in [0.15, 0.2) is 0 Å². The minimum absolute atomic E-state index is 0.0355. The van der Waals surface area contributed by atoms with E-state index < -0.39 is 34.1 Å². The fourth-order valence-electron chi connectivity index (χ4n) is 6.60. The summed E-state index contributed by atoms with van der Waals surface area (Å²) in [5, 5.41) is 14.5. The molecule has 1 N–H and O–H groups in total. The number of benzene rings is 2. The molecule has 2 aromatic rings. The molecule has 0 aliphatic carbocycles. The lowest BCUT2D eigenvalue weighted by Gasteiger charge is -2.36. The van der Waals surface area contributed by atoms with Gasteiger partial charge < -0.3 is 10.1 Å². The third-order valence-corrected chi connectivity index (χ3v) is 8.11. The van der Waals surface area contributed by atoms with Crippen molar-refractivity contribution in [2.24, 2.45) is 11.8 Å². The van der Waals surface area contributed by atoms with Crippen LogP contribution in [0.2, 0.25) is 5.02 Å². The van der Waals surface area contributed by atoms with Crippen LogP contribution >= 0.6 is 11.6 Å². The molecule has 0 unspecified atom stereocenters. The van der Waals surface area contributed by atoms with Gasteiger partial charge in [0, 0.05) is 17.7 Å². The number of non-ortho nitro benzene ring substituents is 1. The van der Waals surface area contributed by atoms with Crippen molar-refractivity contribution in [2.45, 2.75) is 31.3 Å². The number of nitro groups is 1. The summed E-state index contributed by atoms with van der Waals surface area (Å²) in [4.78, 5) is 55.4. The number of aryl methyl sites for hydroxylation is 1. The van der Waals surface area contributed by atoms with Crippen molar-refractivity contribution in [1.82, 2.24) is 4.90 Å². The van der Waals surface area contributed by atoms with Crippen molar-refractivity contribution in [1.29, 1.82) is 0 Å². The first-order valence-corrected chi connectivity index (χ1v) is 11.7. The Balaban J connectivity index is 1.55. The molecule has 4 atom stereocenters. The third kappa shape index (κ3) is 2.61. The Morgan fingerprint density at radius 3 is 2.69 bits per heavy atom. The lowest BCUT2D eigenvalue weighted by Crippen LogP contribution is -2.54. The number of anilines is 2. The van der Waals surface area contributed by atoms with Crippen molar-refractivity contribution < 1.29 is 24.0 Å². The molecule has 180 valence electrons. The van der Waals surface area contributed by atoms with Crippen LogP contribution in [0.25, 0.3) is 0 Å². The molecule has 6 rings (SSSR count). The van der Waals surface area contributed by atoms with Crippen molar-refractivity contribution in [3.63, 3.8) is 0 Å². The maximum Gasteiger partial charge on any atom is 0.273 e. The van der Waals surface area contributed by atoms with Gasteiger partial charge in [-0.15, -0.1) is 0 Å². The van der Waals surface area contributed by atoms with Gasteiger partial charge in [-0.3, -0.25) is 29.4 Å². The number of hydrogen-bond donors (Lipinski definition) is 1. The maximum atomic E-state index is 14.1. The van der Waals surface area contributed by atoms with Gasteiger partial charge >= 0.3 is 0 Å². The number of hydrogen-bond acceptors (Lipinski definition) is 7. The molecule has 3 amide bonds. The molecule has 4 aliphatic heterocycles. The highest BCUT2D eigenvalue weighted by Gasteiger charge is 2.75. The number of nitrogens with one attached hydrogen (secondary N) is 1. The zero-order chi connectivity index (χ0) is 24.8. The number of halogens is 1. The molecule has 35 heavy (non-hydrogen) atoms. The van der Waals surface area contributed by atoms with Crippen LogP contribution in [0.3, 0.4) is 0 Å². The smallest absolute Gasteiger partial charge is 0.273 e. The largest absolute Gasteiger partial charge is 0.494 e. The Kier molecular flexibility index (Phi) is 4.56. The number of nitro benzene ring substituents is 1. The van der Waals surface area contributed by atoms with Crippen LogP contribution in [0.1, 0.15) is 24.0 Å². The van der Waals surface area contributed by atoms with Crippen molar-refractivity contribution >= 4 is 46.4 Å². The number of fused-ring (bicyclic) bond motifs is 7. The van der Waals surface area contributed by atoms with E-state index in [4.69, 9.17) is 16.3 Å². The Labute approximate surface area is 204 Å². The lowest BCUT2D eigenvalue weighted by molar-refractivity contribution is -0.384. The van der Waals surface area contributed by atoms with Gasteiger partial charge in [0.1, 0.15) is 11.3 Å². The van der Waals surface area contributed by atoms with Crippen LogP contribution in [-0.2, 0) is 19.9 Å². The molecule has 4 aliphatic rings. The molecule has 0 saturated carbocycles. The van der Waals surface area contributed by atoms with Gasteiger partial charge in [0.05, 0.1) is 46.3 Å². The van der Waals surface area contributed by atoms with E-state index in [0.29, 0.717) is 29.2 Å². The van der Waals surface area contributed by atoms with Crippen LogP contribution in [0.5, 0.6) is 5.75 Å². The number of ether oxygens (including phenoxy) is 1. The molecule has 0 aromatic heterocycles. The summed E-state index contributed by atoms with van der Waals surface area (Å²) in [5.74, 6) is -2.98. The van der Waals surface area contributed by atoms with Crippen LogP contribution in [0.15, 0.2) is 30.3 Å². The molecular formula is C24H21ClN4O6. The first kappa shape index (κ1) is 22.0. The second-order valence-electron chi connectivity index (χ2n) is 9.42. The minimum Gasteiger partial charge on any atom is -0.494 e. The molecule has 3 fully saturated rings. The molecule has 0 radical (unpaired) electrons. The van der Waals surface area contributed by atoms with E-state index in [1.54, 1.807) is 6.07 Å². The fraction of sp³-hybridized carbons (Fsp3) is 0.375. The number of carbonyl (C=O) groups is 3. The molecule has 2 aromatic carbocycles.